The highest BCUT2D eigenvalue weighted by Crippen LogP contribution is 2.03. The summed E-state index contributed by atoms with van der Waals surface area (Å²) in [5, 5.41) is 4.38. The second-order valence-electron chi connectivity index (χ2n) is 3.25. The van der Waals surface area contributed by atoms with Gasteiger partial charge in [-0.15, -0.1) is 0 Å². The lowest BCUT2D eigenvalue weighted by Gasteiger charge is -1.96. The van der Waals surface area contributed by atoms with Gasteiger partial charge in [-0.2, -0.15) is 5.10 Å². The van der Waals surface area contributed by atoms with Crippen LogP contribution in [0.15, 0.2) is 36.9 Å². The Kier molecular flexibility index (Phi) is 3.66. The van der Waals surface area contributed by atoms with Gasteiger partial charge in [-0.1, -0.05) is 12.2 Å². The molecule has 0 aliphatic rings. The van der Waals surface area contributed by atoms with Crippen molar-refractivity contribution in [1.82, 2.24) is 19.7 Å². The van der Waals surface area contributed by atoms with Crippen molar-refractivity contribution < 1.29 is 0 Å². The van der Waals surface area contributed by atoms with Crippen LogP contribution < -0.4 is 0 Å². The molecular weight excluding hydrogens is 224 g/mol. The van der Waals surface area contributed by atoms with Gasteiger partial charge in [-0.3, -0.25) is 4.68 Å². The molecule has 0 fully saturated rings. The number of nitrogens with zero attached hydrogens (tertiary/aromatic N) is 4. The fraction of sp³-hybridized carbons (Fsp3) is 0.182. The normalized spacial score (nSPS) is 11.1. The highest BCUT2D eigenvalue weighted by atomic mass is 35.5. The van der Waals surface area contributed by atoms with Crippen LogP contribution in [-0.4, -0.2) is 19.7 Å². The molecule has 0 saturated carbocycles. The molecule has 0 aliphatic heterocycles. The maximum absolute atomic E-state index is 5.58. The fourth-order valence-electron chi connectivity index (χ4n) is 1.27. The molecule has 0 spiro atoms. The van der Waals surface area contributed by atoms with E-state index in [1.54, 1.807) is 18.6 Å². The molecule has 5 heteroatoms. The summed E-state index contributed by atoms with van der Waals surface area (Å²) in [5.74, 6) is 0. The van der Waals surface area contributed by atoms with Crippen molar-refractivity contribution >= 4 is 17.7 Å². The van der Waals surface area contributed by atoms with E-state index >= 15 is 0 Å². The Bertz CT molecular complexity index is 447. The molecule has 2 rings (SSSR count). The Morgan fingerprint density at radius 1 is 1.31 bits per heavy atom. The van der Waals surface area contributed by atoms with Crippen LogP contribution in [0.1, 0.15) is 12.0 Å². The summed E-state index contributed by atoms with van der Waals surface area (Å²) >= 11 is 5.58. The largest absolute Gasteiger partial charge is 0.272 e. The molecular formula is C11H11ClN4. The van der Waals surface area contributed by atoms with Crippen LogP contribution in [0.3, 0.4) is 0 Å². The van der Waals surface area contributed by atoms with Gasteiger partial charge in [0.05, 0.1) is 0 Å². The third-order valence-electron chi connectivity index (χ3n) is 2.03. The minimum atomic E-state index is 0.272. The van der Waals surface area contributed by atoms with Crippen LogP contribution in [0.2, 0.25) is 5.28 Å². The Morgan fingerprint density at radius 3 is 2.81 bits per heavy atom. The van der Waals surface area contributed by atoms with E-state index in [4.69, 9.17) is 11.6 Å². The smallest absolute Gasteiger partial charge is 0.222 e. The zero-order valence-corrected chi connectivity index (χ0v) is 9.38. The molecule has 82 valence electrons. The SMILES string of the molecule is Clc1ncc(C=CCCn2cccn2)cn1. The zero-order chi connectivity index (χ0) is 11.2. The van der Waals surface area contributed by atoms with Gasteiger partial charge in [-0.05, 0) is 24.1 Å². The van der Waals surface area contributed by atoms with E-state index in [0.29, 0.717) is 0 Å². The van der Waals surface area contributed by atoms with E-state index in [1.807, 2.05) is 23.0 Å². The van der Waals surface area contributed by atoms with Gasteiger partial charge in [-0.25, -0.2) is 9.97 Å². The summed E-state index contributed by atoms with van der Waals surface area (Å²) in [4.78, 5) is 7.79. The van der Waals surface area contributed by atoms with Gasteiger partial charge in [0.25, 0.3) is 0 Å². The van der Waals surface area contributed by atoms with E-state index in [9.17, 15) is 0 Å². The predicted octanol–water partition coefficient (Wildman–Crippen LogP) is 2.43. The van der Waals surface area contributed by atoms with Crippen molar-refractivity contribution in [3.63, 3.8) is 0 Å². The average molecular weight is 235 g/mol. The molecule has 2 heterocycles. The van der Waals surface area contributed by atoms with Crippen LogP contribution in [0, 0.1) is 0 Å². The molecule has 0 atom stereocenters. The number of aromatic nitrogens is 4. The monoisotopic (exact) mass is 234 g/mol. The molecule has 16 heavy (non-hydrogen) atoms. The molecule has 0 N–H and O–H groups in total. The molecule has 2 aromatic rings. The van der Waals surface area contributed by atoms with Crippen LogP contribution in [0.4, 0.5) is 0 Å². The Balaban J connectivity index is 1.83. The van der Waals surface area contributed by atoms with Crippen LogP contribution in [0.5, 0.6) is 0 Å². The van der Waals surface area contributed by atoms with Crippen LogP contribution >= 0.6 is 11.6 Å². The van der Waals surface area contributed by atoms with Gasteiger partial charge in [0.15, 0.2) is 0 Å². The maximum atomic E-state index is 5.58. The van der Waals surface area contributed by atoms with Gasteiger partial charge >= 0.3 is 0 Å². The first kappa shape index (κ1) is 10.8. The van der Waals surface area contributed by atoms with E-state index < -0.39 is 0 Å². The fourth-order valence-corrected chi connectivity index (χ4v) is 1.36. The molecule has 0 radical (unpaired) electrons. The summed E-state index contributed by atoms with van der Waals surface area (Å²) in [6.07, 6.45) is 12.1. The van der Waals surface area contributed by atoms with Crippen molar-refractivity contribution in [2.45, 2.75) is 13.0 Å². The van der Waals surface area contributed by atoms with E-state index in [1.165, 1.54) is 0 Å². The van der Waals surface area contributed by atoms with Crippen LogP contribution in [-0.2, 0) is 6.54 Å². The topological polar surface area (TPSA) is 43.6 Å². The number of rotatable bonds is 4. The van der Waals surface area contributed by atoms with Crippen molar-refractivity contribution in [3.05, 3.63) is 47.8 Å². The Labute approximate surface area is 98.6 Å². The molecule has 0 amide bonds. The van der Waals surface area contributed by atoms with Gasteiger partial charge in [0.1, 0.15) is 0 Å². The summed E-state index contributed by atoms with van der Waals surface area (Å²) in [7, 11) is 0. The molecule has 4 nitrogen and oxygen atoms in total. The summed E-state index contributed by atoms with van der Waals surface area (Å²) in [5.41, 5.74) is 0.949. The van der Waals surface area contributed by atoms with Gasteiger partial charge in [0.2, 0.25) is 5.28 Å². The van der Waals surface area contributed by atoms with E-state index in [0.717, 1.165) is 18.5 Å². The number of hydrogen-bond acceptors (Lipinski definition) is 3. The summed E-state index contributed by atoms with van der Waals surface area (Å²) in [6, 6.07) is 1.91. The van der Waals surface area contributed by atoms with E-state index in [-0.39, 0.29) is 5.28 Å². The third-order valence-corrected chi connectivity index (χ3v) is 2.23. The highest BCUT2D eigenvalue weighted by Gasteiger charge is 1.90. The standard InChI is InChI=1S/C11H11ClN4/c12-11-13-8-10(9-14-11)4-1-2-6-16-7-3-5-15-16/h1,3-5,7-9H,2,6H2. The average Bonchev–Trinajstić information content (AvgIpc) is 2.80. The Hall–Kier alpha value is -1.68. The molecule has 0 bridgehead atoms. The zero-order valence-electron chi connectivity index (χ0n) is 8.62. The molecule has 2 aromatic heterocycles. The lowest BCUT2D eigenvalue weighted by Crippen LogP contribution is -1.96. The maximum Gasteiger partial charge on any atom is 0.222 e. The predicted molar refractivity (Wildman–Crippen MR) is 62.9 cm³/mol. The number of allylic oxidation sites excluding steroid dienone is 1. The first-order valence-corrected chi connectivity index (χ1v) is 5.34. The van der Waals surface area contributed by atoms with Crippen molar-refractivity contribution in [1.29, 1.82) is 0 Å². The van der Waals surface area contributed by atoms with Crippen molar-refractivity contribution in [2.24, 2.45) is 0 Å². The lowest BCUT2D eigenvalue weighted by atomic mass is 10.3. The Morgan fingerprint density at radius 2 is 2.12 bits per heavy atom. The molecule has 0 saturated heterocycles. The third kappa shape index (κ3) is 3.17. The minimum Gasteiger partial charge on any atom is -0.272 e. The second kappa shape index (κ2) is 5.42. The second-order valence-corrected chi connectivity index (χ2v) is 3.58. The van der Waals surface area contributed by atoms with Crippen molar-refractivity contribution in [3.8, 4) is 0 Å². The summed E-state index contributed by atoms with van der Waals surface area (Å²) in [6.45, 7) is 0.873. The molecule has 0 unspecified atom stereocenters. The number of aryl methyl sites for hydroxylation is 1. The van der Waals surface area contributed by atoms with Crippen molar-refractivity contribution in [2.75, 3.05) is 0 Å². The van der Waals surface area contributed by atoms with E-state index in [2.05, 4.69) is 21.1 Å². The number of hydrogen-bond donors (Lipinski definition) is 0. The number of halogens is 1. The molecule has 0 aliphatic carbocycles. The van der Waals surface area contributed by atoms with Gasteiger partial charge < -0.3 is 0 Å². The minimum absolute atomic E-state index is 0.272. The van der Waals surface area contributed by atoms with Crippen LogP contribution in [0.25, 0.3) is 6.08 Å². The quantitative estimate of drug-likeness (QED) is 0.764. The molecule has 0 aromatic carbocycles. The highest BCUT2D eigenvalue weighted by molar-refractivity contribution is 6.28. The van der Waals surface area contributed by atoms with Gasteiger partial charge in [0, 0.05) is 36.9 Å². The first-order valence-electron chi connectivity index (χ1n) is 4.96. The summed E-state index contributed by atoms with van der Waals surface area (Å²) < 4.78 is 1.89. The first-order chi connectivity index (χ1) is 7.84. The lowest BCUT2D eigenvalue weighted by molar-refractivity contribution is 0.624.